The molecule has 1 aromatic carbocycles. The van der Waals surface area contributed by atoms with Crippen LogP contribution in [0.4, 0.5) is 0 Å². The van der Waals surface area contributed by atoms with E-state index < -0.39 is 0 Å². The molecule has 0 bridgehead atoms. The fourth-order valence-corrected chi connectivity index (χ4v) is 1.90. The lowest BCUT2D eigenvalue weighted by Gasteiger charge is -2.14. The number of benzene rings is 1. The van der Waals surface area contributed by atoms with Gasteiger partial charge in [-0.3, -0.25) is 4.98 Å². The second kappa shape index (κ2) is 5.47. The molecule has 2 aromatic rings. The molecular weight excluding hydrogens is 208 g/mol. The molecule has 0 saturated heterocycles. The third kappa shape index (κ3) is 2.64. The van der Waals surface area contributed by atoms with Gasteiger partial charge < -0.3 is 5.32 Å². The highest BCUT2D eigenvalue weighted by Crippen LogP contribution is 2.20. The summed E-state index contributed by atoms with van der Waals surface area (Å²) in [6.45, 7) is 1.87. The first kappa shape index (κ1) is 11.6. The smallest absolute Gasteiger partial charge is 0.0702 e. The predicted octanol–water partition coefficient (Wildman–Crippen LogP) is 2.91. The first-order valence-electron chi connectivity index (χ1n) is 5.76. The molecule has 0 radical (unpaired) electrons. The fourth-order valence-electron chi connectivity index (χ4n) is 1.90. The van der Waals surface area contributed by atoms with E-state index in [1.165, 1.54) is 10.9 Å². The van der Waals surface area contributed by atoms with Gasteiger partial charge in [0.1, 0.15) is 0 Å². The zero-order chi connectivity index (χ0) is 12.1. The van der Waals surface area contributed by atoms with E-state index in [2.05, 4.69) is 46.4 Å². The van der Waals surface area contributed by atoms with Crippen LogP contribution in [0.2, 0.25) is 0 Å². The van der Waals surface area contributed by atoms with Crippen molar-refractivity contribution < 1.29 is 0 Å². The molecule has 1 heterocycles. The molecule has 1 N–H and O–H groups in total. The lowest BCUT2D eigenvalue weighted by Crippen LogP contribution is -2.15. The van der Waals surface area contributed by atoms with E-state index >= 15 is 0 Å². The molecule has 0 aliphatic heterocycles. The molecule has 86 valence electrons. The van der Waals surface area contributed by atoms with Crippen molar-refractivity contribution in [3.8, 4) is 11.8 Å². The Hall–Kier alpha value is -1.85. The number of hydrogen-bond acceptors (Lipinski definition) is 2. The van der Waals surface area contributed by atoms with Crippen LogP contribution in [0, 0.1) is 11.8 Å². The number of rotatable bonds is 3. The number of fused-ring (bicyclic) bond motifs is 1. The van der Waals surface area contributed by atoms with Gasteiger partial charge in [-0.25, -0.2) is 0 Å². The van der Waals surface area contributed by atoms with Crippen molar-refractivity contribution in [2.75, 3.05) is 7.05 Å². The zero-order valence-corrected chi connectivity index (χ0v) is 10.2. The topological polar surface area (TPSA) is 24.9 Å². The van der Waals surface area contributed by atoms with E-state index in [0.717, 1.165) is 11.9 Å². The van der Waals surface area contributed by atoms with Crippen molar-refractivity contribution in [3.63, 3.8) is 0 Å². The van der Waals surface area contributed by atoms with Crippen molar-refractivity contribution in [1.82, 2.24) is 10.3 Å². The summed E-state index contributed by atoms with van der Waals surface area (Å²) in [5.74, 6) is 6.05. The quantitative estimate of drug-likeness (QED) is 0.811. The number of nitrogens with zero attached hydrogens (tertiary/aromatic N) is 1. The van der Waals surface area contributed by atoms with Gasteiger partial charge in [0.2, 0.25) is 0 Å². The van der Waals surface area contributed by atoms with Crippen molar-refractivity contribution in [3.05, 3.63) is 42.1 Å². The normalized spacial score (nSPS) is 11.9. The van der Waals surface area contributed by atoms with E-state index in [-0.39, 0.29) is 6.04 Å². The molecule has 2 nitrogen and oxygen atoms in total. The lowest BCUT2D eigenvalue weighted by molar-refractivity contribution is 0.612. The summed E-state index contributed by atoms with van der Waals surface area (Å²) in [4.78, 5) is 4.32. The SMILES string of the molecule is CC#CCC(NC)c1ccc2ncccc2c1. The minimum Gasteiger partial charge on any atom is -0.312 e. The summed E-state index contributed by atoms with van der Waals surface area (Å²) in [7, 11) is 1.97. The summed E-state index contributed by atoms with van der Waals surface area (Å²) in [5.41, 5.74) is 2.29. The van der Waals surface area contributed by atoms with Crippen LogP contribution in [0.1, 0.15) is 24.9 Å². The second-order valence-electron chi connectivity index (χ2n) is 3.93. The van der Waals surface area contributed by atoms with Gasteiger partial charge in [0.15, 0.2) is 0 Å². The van der Waals surface area contributed by atoms with Crippen molar-refractivity contribution in [2.24, 2.45) is 0 Å². The van der Waals surface area contributed by atoms with Crippen LogP contribution in [0.15, 0.2) is 36.5 Å². The molecule has 1 atom stereocenters. The molecule has 1 unspecified atom stereocenters. The molecule has 17 heavy (non-hydrogen) atoms. The van der Waals surface area contributed by atoms with Gasteiger partial charge in [-0.05, 0) is 37.7 Å². The maximum absolute atomic E-state index is 4.32. The Kier molecular flexibility index (Phi) is 3.74. The minimum absolute atomic E-state index is 0.284. The molecule has 2 rings (SSSR count). The Morgan fingerprint density at radius 2 is 2.24 bits per heavy atom. The van der Waals surface area contributed by atoms with Gasteiger partial charge in [-0.1, -0.05) is 12.1 Å². The monoisotopic (exact) mass is 224 g/mol. The van der Waals surface area contributed by atoms with Crippen LogP contribution in [0.3, 0.4) is 0 Å². The molecule has 1 aromatic heterocycles. The zero-order valence-electron chi connectivity index (χ0n) is 10.2. The van der Waals surface area contributed by atoms with Gasteiger partial charge in [0.25, 0.3) is 0 Å². The standard InChI is InChI=1S/C15H16N2/c1-3-4-7-14(16-2)13-8-9-15-12(11-13)6-5-10-17-15/h5-6,8-11,14,16H,7H2,1-2H3. The molecular formula is C15H16N2. The third-order valence-corrected chi connectivity index (χ3v) is 2.86. The van der Waals surface area contributed by atoms with E-state index in [0.29, 0.717) is 0 Å². The van der Waals surface area contributed by atoms with Crippen molar-refractivity contribution in [2.45, 2.75) is 19.4 Å². The van der Waals surface area contributed by atoms with Crippen molar-refractivity contribution in [1.29, 1.82) is 0 Å². The number of hydrogen-bond donors (Lipinski definition) is 1. The van der Waals surface area contributed by atoms with Crippen LogP contribution in [-0.2, 0) is 0 Å². The van der Waals surface area contributed by atoms with Gasteiger partial charge in [0, 0.05) is 24.0 Å². The molecule has 0 saturated carbocycles. The second-order valence-corrected chi connectivity index (χ2v) is 3.93. The Bertz CT molecular complexity index is 564. The van der Waals surface area contributed by atoms with Crippen LogP contribution < -0.4 is 5.32 Å². The van der Waals surface area contributed by atoms with Gasteiger partial charge in [-0.2, -0.15) is 0 Å². The van der Waals surface area contributed by atoms with Gasteiger partial charge in [0.05, 0.1) is 5.52 Å². The Morgan fingerprint density at radius 3 is 3.00 bits per heavy atom. The summed E-state index contributed by atoms with van der Waals surface area (Å²) >= 11 is 0. The number of aromatic nitrogens is 1. The van der Waals surface area contributed by atoms with Crippen molar-refractivity contribution >= 4 is 10.9 Å². The van der Waals surface area contributed by atoms with Gasteiger partial charge >= 0.3 is 0 Å². The fraction of sp³-hybridized carbons (Fsp3) is 0.267. The van der Waals surface area contributed by atoms with Crippen LogP contribution in [0.5, 0.6) is 0 Å². The average molecular weight is 224 g/mol. The van der Waals surface area contributed by atoms with E-state index in [9.17, 15) is 0 Å². The summed E-state index contributed by atoms with van der Waals surface area (Å²) in [6.07, 6.45) is 2.65. The molecule has 0 amide bonds. The first-order chi connectivity index (χ1) is 8.35. The first-order valence-corrected chi connectivity index (χ1v) is 5.76. The van der Waals surface area contributed by atoms with Crippen LogP contribution in [0.25, 0.3) is 10.9 Å². The highest BCUT2D eigenvalue weighted by Gasteiger charge is 2.08. The predicted molar refractivity (Wildman–Crippen MR) is 71.6 cm³/mol. The van der Waals surface area contributed by atoms with E-state index in [1.807, 2.05) is 26.2 Å². The highest BCUT2D eigenvalue weighted by molar-refractivity contribution is 5.79. The summed E-state index contributed by atoms with van der Waals surface area (Å²) in [6, 6.07) is 10.7. The molecule has 0 aliphatic carbocycles. The third-order valence-electron chi connectivity index (χ3n) is 2.86. The number of pyridine rings is 1. The van der Waals surface area contributed by atoms with Gasteiger partial charge in [-0.15, -0.1) is 11.8 Å². The molecule has 0 fully saturated rings. The maximum atomic E-state index is 4.32. The average Bonchev–Trinajstić information content (AvgIpc) is 2.39. The molecule has 0 aliphatic rings. The maximum Gasteiger partial charge on any atom is 0.0702 e. The summed E-state index contributed by atoms with van der Waals surface area (Å²) in [5, 5.41) is 4.47. The minimum atomic E-state index is 0.284. The largest absolute Gasteiger partial charge is 0.312 e. The molecule has 0 spiro atoms. The number of nitrogens with one attached hydrogen (secondary N) is 1. The lowest BCUT2D eigenvalue weighted by atomic mass is 10.0. The van der Waals surface area contributed by atoms with E-state index in [4.69, 9.17) is 0 Å². The Labute approximate surface area is 102 Å². The Balaban J connectivity index is 2.35. The highest BCUT2D eigenvalue weighted by atomic mass is 14.9. The van der Waals surface area contributed by atoms with E-state index in [1.54, 1.807) is 0 Å². The molecule has 2 heteroatoms. The van der Waals surface area contributed by atoms with Crippen LogP contribution >= 0.6 is 0 Å². The Morgan fingerprint density at radius 1 is 1.35 bits per heavy atom. The van der Waals surface area contributed by atoms with Crippen LogP contribution in [-0.4, -0.2) is 12.0 Å². The summed E-state index contributed by atoms with van der Waals surface area (Å²) < 4.78 is 0.